The number of methoxy groups -OCH3 is 1. The quantitative estimate of drug-likeness (QED) is 0.781. The van der Waals surface area contributed by atoms with Crippen molar-refractivity contribution in [3.63, 3.8) is 0 Å². The van der Waals surface area contributed by atoms with Crippen LogP contribution in [0.3, 0.4) is 0 Å². The summed E-state index contributed by atoms with van der Waals surface area (Å²) >= 11 is 6.07. The number of nitrogens with zero attached hydrogens (tertiary/aromatic N) is 2. The lowest BCUT2D eigenvalue weighted by molar-refractivity contribution is 0.122. The Labute approximate surface area is 145 Å². The first kappa shape index (κ1) is 16.7. The number of hydrogen-bond acceptors (Lipinski definition) is 4. The topological polar surface area (TPSA) is 34.1 Å². The zero-order valence-electron chi connectivity index (χ0n) is 13.3. The number of aliphatic imine (C=N–C) groups is 1. The highest BCUT2D eigenvalue weighted by Gasteiger charge is 2.14. The average Bonchev–Trinajstić information content (AvgIpc) is 2.61. The minimum absolute atomic E-state index is 0.256. The van der Waals surface area contributed by atoms with Gasteiger partial charge in [-0.2, -0.15) is 0 Å². The highest BCUT2D eigenvalue weighted by atomic mass is 35.5. The van der Waals surface area contributed by atoms with E-state index in [9.17, 15) is 4.39 Å². The minimum Gasteiger partial charge on any atom is -0.495 e. The fourth-order valence-corrected chi connectivity index (χ4v) is 2.80. The van der Waals surface area contributed by atoms with Gasteiger partial charge < -0.3 is 14.4 Å². The molecule has 0 N–H and O–H groups in total. The summed E-state index contributed by atoms with van der Waals surface area (Å²) in [6.45, 7) is 2.66. The van der Waals surface area contributed by atoms with Crippen LogP contribution in [0.2, 0.25) is 5.02 Å². The van der Waals surface area contributed by atoms with Crippen molar-refractivity contribution in [2.75, 3.05) is 38.3 Å². The van der Waals surface area contributed by atoms with Crippen LogP contribution in [0.4, 0.5) is 15.8 Å². The molecule has 126 valence electrons. The lowest BCUT2D eigenvalue weighted by atomic mass is 10.2. The normalized spacial score (nSPS) is 15.0. The maximum atomic E-state index is 14.3. The van der Waals surface area contributed by atoms with Crippen LogP contribution in [0, 0.1) is 5.82 Å². The van der Waals surface area contributed by atoms with Gasteiger partial charge in [0.15, 0.2) is 0 Å². The van der Waals surface area contributed by atoms with Crippen molar-refractivity contribution in [2.45, 2.75) is 0 Å². The van der Waals surface area contributed by atoms with Crippen LogP contribution in [-0.4, -0.2) is 39.6 Å². The third kappa shape index (κ3) is 3.86. The number of morpholine rings is 1. The van der Waals surface area contributed by atoms with E-state index < -0.39 is 0 Å². The molecule has 1 aliphatic rings. The summed E-state index contributed by atoms with van der Waals surface area (Å²) in [6.07, 6.45) is 1.62. The SMILES string of the molecule is COc1ccc(N=Cc2ccc(N3CCOCC3)c(F)c2)cc1Cl. The molecule has 0 atom stereocenters. The van der Waals surface area contributed by atoms with Crippen LogP contribution in [0.5, 0.6) is 5.75 Å². The van der Waals surface area contributed by atoms with Gasteiger partial charge >= 0.3 is 0 Å². The Bertz CT molecular complexity index is 746. The molecule has 1 fully saturated rings. The molecular formula is C18H18ClFN2O2. The summed E-state index contributed by atoms with van der Waals surface area (Å²) in [6, 6.07) is 10.4. The first-order chi connectivity index (χ1) is 11.7. The minimum atomic E-state index is -0.256. The lowest BCUT2D eigenvalue weighted by Crippen LogP contribution is -2.36. The molecule has 0 aromatic heterocycles. The summed E-state index contributed by atoms with van der Waals surface area (Å²) in [5.74, 6) is 0.338. The Morgan fingerprint density at radius 1 is 1.21 bits per heavy atom. The predicted molar refractivity (Wildman–Crippen MR) is 94.7 cm³/mol. The van der Waals surface area contributed by atoms with Gasteiger partial charge in [-0.3, -0.25) is 4.99 Å². The summed E-state index contributed by atoms with van der Waals surface area (Å²) in [4.78, 5) is 6.32. The molecule has 1 heterocycles. The molecule has 1 saturated heterocycles. The van der Waals surface area contributed by atoms with Crippen LogP contribution in [0.1, 0.15) is 5.56 Å². The standard InChI is InChI=1S/C18H18ClFN2O2/c1-23-18-5-3-14(11-15(18)19)21-12-13-2-4-17(16(20)10-13)22-6-8-24-9-7-22/h2-5,10-12H,6-9H2,1H3. The van der Waals surface area contributed by atoms with Crippen molar-refractivity contribution < 1.29 is 13.9 Å². The molecule has 3 rings (SSSR count). The highest BCUT2D eigenvalue weighted by molar-refractivity contribution is 6.32. The number of halogens is 2. The average molecular weight is 349 g/mol. The van der Waals surface area contributed by atoms with Gasteiger partial charge in [-0.25, -0.2) is 4.39 Å². The second kappa shape index (κ2) is 7.64. The van der Waals surface area contributed by atoms with E-state index in [0.717, 1.165) is 0 Å². The van der Waals surface area contributed by atoms with Gasteiger partial charge in [-0.15, -0.1) is 0 Å². The molecule has 2 aromatic rings. The first-order valence-electron chi connectivity index (χ1n) is 7.67. The largest absolute Gasteiger partial charge is 0.495 e. The van der Waals surface area contributed by atoms with Gasteiger partial charge in [0, 0.05) is 19.3 Å². The maximum absolute atomic E-state index is 14.3. The van der Waals surface area contributed by atoms with Crippen molar-refractivity contribution in [3.05, 3.63) is 52.8 Å². The van der Waals surface area contributed by atoms with Gasteiger partial charge in [0.25, 0.3) is 0 Å². The second-order valence-electron chi connectivity index (χ2n) is 5.39. The summed E-state index contributed by atoms with van der Waals surface area (Å²) < 4.78 is 24.7. The second-order valence-corrected chi connectivity index (χ2v) is 5.79. The van der Waals surface area contributed by atoms with Crippen LogP contribution >= 0.6 is 11.6 Å². The van der Waals surface area contributed by atoms with E-state index in [4.69, 9.17) is 21.1 Å². The van der Waals surface area contributed by atoms with E-state index in [2.05, 4.69) is 4.99 Å². The Morgan fingerprint density at radius 2 is 2.00 bits per heavy atom. The van der Waals surface area contributed by atoms with Crippen LogP contribution in [-0.2, 0) is 4.74 Å². The zero-order chi connectivity index (χ0) is 16.9. The van der Waals surface area contributed by atoms with Gasteiger partial charge in [0.2, 0.25) is 0 Å². The van der Waals surface area contributed by atoms with E-state index in [0.29, 0.717) is 54.0 Å². The predicted octanol–water partition coefficient (Wildman–Crippen LogP) is 4.07. The molecule has 2 aromatic carbocycles. The van der Waals surface area contributed by atoms with Crippen LogP contribution < -0.4 is 9.64 Å². The zero-order valence-corrected chi connectivity index (χ0v) is 14.1. The molecule has 0 radical (unpaired) electrons. The molecule has 6 heteroatoms. The number of ether oxygens (including phenoxy) is 2. The molecular weight excluding hydrogens is 331 g/mol. The van der Waals surface area contributed by atoms with Crippen molar-refractivity contribution >= 4 is 29.2 Å². The molecule has 0 saturated carbocycles. The third-order valence-corrected chi connectivity index (χ3v) is 4.12. The van der Waals surface area contributed by atoms with E-state index in [-0.39, 0.29) is 5.82 Å². The fraction of sp³-hybridized carbons (Fsp3) is 0.278. The Kier molecular flexibility index (Phi) is 5.33. The van der Waals surface area contributed by atoms with Gasteiger partial charge in [-0.1, -0.05) is 17.7 Å². The number of anilines is 1. The molecule has 4 nitrogen and oxygen atoms in total. The molecule has 0 amide bonds. The number of hydrogen-bond donors (Lipinski definition) is 0. The summed E-state index contributed by atoms with van der Waals surface area (Å²) in [7, 11) is 1.56. The number of benzene rings is 2. The Balaban J connectivity index is 1.75. The highest BCUT2D eigenvalue weighted by Crippen LogP contribution is 2.28. The molecule has 1 aliphatic heterocycles. The lowest BCUT2D eigenvalue weighted by Gasteiger charge is -2.29. The molecule has 0 aliphatic carbocycles. The van der Waals surface area contributed by atoms with E-state index in [1.165, 1.54) is 6.07 Å². The van der Waals surface area contributed by atoms with E-state index in [1.807, 2.05) is 11.0 Å². The Hall–Kier alpha value is -2.11. The third-order valence-electron chi connectivity index (χ3n) is 3.82. The molecule has 24 heavy (non-hydrogen) atoms. The van der Waals surface area contributed by atoms with Gasteiger partial charge in [-0.05, 0) is 35.9 Å². The van der Waals surface area contributed by atoms with Gasteiger partial charge in [0.05, 0.1) is 36.7 Å². The summed E-state index contributed by atoms with van der Waals surface area (Å²) in [5.41, 5.74) is 1.97. The van der Waals surface area contributed by atoms with Crippen LogP contribution in [0.15, 0.2) is 41.4 Å². The van der Waals surface area contributed by atoms with Crippen molar-refractivity contribution in [2.24, 2.45) is 4.99 Å². The Morgan fingerprint density at radius 3 is 2.67 bits per heavy atom. The monoisotopic (exact) mass is 348 g/mol. The smallest absolute Gasteiger partial charge is 0.147 e. The summed E-state index contributed by atoms with van der Waals surface area (Å²) in [5, 5.41) is 0.487. The molecule has 0 bridgehead atoms. The van der Waals surface area contributed by atoms with Gasteiger partial charge in [0.1, 0.15) is 11.6 Å². The first-order valence-corrected chi connectivity index (χ1v) is 8.05. The van der Waals surface area contributed by atoms with E-state index in [1.54, 1.807) is 37.6 Å². The fourth-order valence-electron chi connectivity index (χ4n) is 2.55. The maximum Gasteiger partial charge on any atom is 0.147 e. The van der Waals surface area contributed by atoms with Crippen molar-refractivity contribution in [1.29, 1.82) is 0 Å². The van der Waals surface area contributed by atoms with E-state index >= 15 is 0 Å². The van der Waals surface area contributed by atoms with Crippen molar-refractivity contribution in [3.8, 4) is 5.75 Å². The van der Waals surface area contributed by atoms with Crippen molar-refractivity contribution in [1.82, 2.24) is 0 Å². The molecule has 0 spiro atoms. The van der Waals surface area contributed by atoms with Crippen LogP contribution in [0.25, 0.3) is 0 Å². The number of rotatable bonds is 4. The molecule has 0 unspecified atom stereocenters.